The Morgan fingerprint density at radius 1 is 0.357 bits per heavy atom. The Morgan fingerprint density at radius 3 is 0.738 bits per heavy atom. The topological polar surface area (TPSA) is 137 Å². The van der Waals surface area contributed by atoms with Crippen molar-refractivity contribution in [3.8, 4) is 0 Å². The fourth-order valence-corrected chi connectivity index (χ4v) is 2.69. The molecule has 0 fully saturated rings. The molecule has 0 N–H and O–H groups in total. The summed E-state index contributed by atoms with van der Waals surface area (Å²) in [6.07, 6.45) is 0. The van der Waals surface area contributed by atoms with Gasteiger partial charge < -0.3 is 61.6 Å². The van der Waals surface area contributed by atoms with Crippen LogP contribution in [0.1, 0.15) is 0 Å². The lowest BCUT2D eigenvalue weighted by molar-refractivity contribution is -0.146. The molecule has 0 heterocycles. The van der Waals surface area contributed by atoms with E-state index in [2.05, 4.69) is 4.74 Å². The van der Waals surface area contributed by atoms with Crippen molar-refractivity contribution in [1.29, 1.82) is 0 Å². The van der Waals surface area contributed by atoms with Gasteiger partial charge in [-0.25, -0.2) is 9.18 Å². The molecule has 42 heavy (non-hydrogen) atoms. The largest absolute Gasteiger partial charge is 0.467 e. The number of hydrogen-bond acceptors (Lipinski definition) is 14. The molecule has 0 bridgehead atoms. The molecule has 0 spiro atoms. The van der Waals surface area contributed by atoms with Crippen LogP contribution in [0.4, 0.5) is 4.39 Å². The zero-order valence-electron chi connectivity index (χ0n) is 25.3. The maximum Gasteiger partial charge on any atom is 0.331 e. The third kappa shape index (κ3) is 36.9. The fourth-order valence-electron chi connectivity index (χ4n) is 2.69. The van der Waals surface area contributed by atoms with Gasteiger partial charge >= 0.3 is 5.97 Å². The summed E-state index contributed by atoms with van der Waals surface area (Å²) in [5.74, 6) is -0.411. The molecule has 0 rings (SSSR count). The summed E-state index contributed by atoms with van der Waals surface area (Å²) in [6, 6.07) is 0. The third-order valence-electron chi connectivity index (χ3n) is 4.76. The Labute approximate surface area is 249 Å². The van der Waals surface area contributed by atoms with Crippen molar-refractivity contribution >= 4 is 5.97 Å². The molecule has 0 aromatic carbocycles. The zero-order valence-corrected chi connectivity index (χ0v) is 25.3. The number of carbonyl (C=O) groups is 1. The van der Waals surface area contributed by atoms with E-state index in [4.69, 9.17) is 56.8 Å². The molecule has 0 saturated carbocycles. The Kier molecular flexibility index (Phi) is 37.0. The Morgan fingerprint density at radius 2 is 0.548 bits per heavy atom. The van der Waals surface area contributed by atoms with Gasteiger partial charge in [0.2, 0.25) is 0 Å². The minimum absolute atomic E-state index is 0.0734. The average Bonchev–Trinajstić information content (AvgIpc) is 3.00. The number of ether oxygens (including phenoxy) is 13. The highest BCUT2D eigenvalue weighted by Crippen LogP contribution is 1.87. The SMILES string of the molecule is COC(=O)COCCOCCOCCOCCOCCOCCOCCOCCOCCOCCOCCOCCF. The molecule has 0 atom stereocenters. The van der Waals surface area contributed by atoms with E-state index in [-0.39, 0.29) is 13.2 Å². The first kappa shape index (κ1) is 40.9. The Bertz CT molecular complexity index is 521. The van der Waals surface area contributed by atoms with Crippen molar-refractivity contribution in [2.45, 2.75) is 0 Å². The quantitative estimate of drug-likeness (QED) is 0.0697. The second-order valence-electron chi connectivity index (χ2n) is 8.05. The monoisotopic (exact) mass is 620 g/mol. The van der Waals surface area contributed by atoms with Gasteiger partial charge in [0.25, 0.3) is 0 Å². The molecule has 0 aromatic rings. The van der Waals surface area contributed by atoms with Crippen LogP contribution in [0.15, 0.2) is 0 Å². The second kappa shape index (κ2) is 37.9. The molecule has 0 aliphatic heterocycles. The van der Waals surface area contributed by atoms with Gasteiger partial charge in [-0.15, -0.1) is 0 Å². The zero-order chi connectivity index (χ0) is 30.4. The predicted octanol–water partition coefficient (Wildman–Crippen LogP) is 0.328. The van der Waals surface area contributed by atoms with E-state index in [1.165, 1.54) is 7.11 Å². The summed E-state index contributed by atoms with van der Waals surface area (Å²) in [4.78, 5) is 10.8. The molecule has 0 aliphatic rings. The first-order chi connectivity index (χ1) is 20.8. The van der Waals surface area contributed by atoms with E-state index in [1.807, 2.05) is 0 Å². The normalized spacial score (nSPS) is 11.4. The number of hydrogen-bond donors (Lipinski definition) is 0. The van der Waals surface area contributed by atoms with E-state index in [0.717, 1.165) is 0 Å². The number of halogens is 1. The van der Waals surface area contributed by atoms with Crippen molar-refractivity contribution in [2.75, 3.05) is 172 Å². The van der Waals surface area contributed by atoms with Gasteiger partial charge in [-0.05, 0) is 0 Å². The molecular formula is C27H53FO14. The average molecular weight is 621 g/mol. The van der Waals surface area contributed by atoms with Gasteiger partial charge in [-0.2, -0.15) is 0 Å². The molecule has 14 nitrogen and oxygen atoms in total. The lowest BCUT2D eigenvalue weighted by Crippen LogP contribution is -2.16. The first-order valence-corrected chi connectivity index (χ1v) is 14.4. The third-order valence-corrected chi connectivity index (χ3v) is 4.76. The predicted molar refractivity (Wildman–Crippen MR) is 148 cm³/mol. The van der Waals surface area contributed by atoms with Crippen molar-refractivity contribution in [1.82, 2.24) is 0 Å². The van der Waals surface area contributed by atoms with Crippen LogP contribution in [0.25, 0.3) is 0 Å². The van der Waals surface area contributed by atoms with E-state index in [1.54, 1.807) is 0 Å². The molecular weight excluding hydrogens is 567 g/mol. The number of esters is 1. The highest BCUT2D eigenvalue weighted by molar-refractivity contribution is 5.70. The molecule has 0 amide bonds. The van der Waals surface area contributed by atoms with Crippen molar-refractivity contribution in [2.24, 2.45) is 0 Å². The maximum absolute atomic E-state index is 11.8. The second-order valence-corrected chi connectivity index (χ2v) is 8.05. The minimum atomic E-state index is -0.478. The van der Waals surface area contributed by atoms with E-state index in [0.29, 0.717) is 145 Å². The van der Waals surface area contributed by atoms with Gasteiger partial charge in [-0.1, -0.05) is 0 Å². The molecule has 0 unspecified atom stereocenters. The van der Waals surface area contributed by atoms with Gasteiger partial charge in [0.15, 0.2) is 0 Å². The Balaban J connectivity index is 3.04. The fraction of sp³-hybridized carbons (Fsp3) is 0.963. The summed E-state index contributed by atoms with van der Waals surface area (Å²) < 4.78 is 80.2. The molecule has 15 heteroatoms. The van der Waals surface area contributed by atoms with Crippen LogP contribution in [-0.4, -0.2) is 178 Å². The van der Waals surface area contributed by atoms with Crippen LogP contribution >= 0.6 is 0 Å². The van der Waals surface area contributed by atoms with Gasteiger partial charge in [0.1, 0.15) is 13.3 Å². The highest BCUT2D eigenvalue weighted by Gasteiger charge is 1.99. The van der Waals surface area contributed by atoms with Gasteiger partial charge in [0.05, 0.1) is 159 Å². The minimum Gasteiger partial charge on any atom is -0.467 e. The van der Waals surface area contributed by atoms with Crippen molar-refractivity contribution in [3.63, 3.8) is 0 Å². The van der Waals surface area contributed by atoms with Crippen LogP contribution in [0.5, 0.6) is 0 Å². The number of rotatable bonds is 37. The molecule has 0 radical (unpaired) electrons. The lowest BCUT2D eigenvalue weighted by Gasteiger charge is -2.09. The first-order valence-electron chi connectivity index (χ1n) is 14.4. The highest BCUT2D eigenvalue weighted by atomic mass is 19.1. The Hall–Kier alpha value is -1.08. The van der Waals surface area contributed by atoms with E-state index >= 15 is 0 Å². The van der Waals surface area contributed by atoms with E-state index < -0.39 is 12.6 Å². The van der Waals surface area contributed by atoms with Crippen LogP contribution in [0.2, 0.25) is 0 Å². The van der Waals surface area contributed by atoms with E-state index in [9.17, 15) is 9.18 Å². The molecule has 0 saturated heterocycles. The molecule has 252 valence electrons. The van der Waals surface area contributed by atoms with Crippen LogP contribution in [0, 0.1) is 0 Å². The summed E-state index contributed by atoms with van der Waals surface area (Å²) >= 11 is 0. The lowest BCUT2D eigenvalue weighted by atomic mass is 10.6. The summed E-state index contributed by atoms with van der Waals surface area (Å²) in [5.41, 5.74) is 0. The maximum atomic E-state index is 11.8. The van der Waals surface area contributed by atoms with Crippen LogP contribution < -0.4 is 0 Å². The van der Waals surface area contributed by atoms with Crippen LogP contribution in [-0.2, 0) is 66.4 Å². The smallest absolute Gasteiger partial charge is 0.331 e. The van der Waals surface area contributed by atoms with Crippen molar-refractivity contribution < 1.29 is 70.8 Å². The van der Waals surface area contributed by atoms with Gasteiger partial charge in [0, 0.05) is 0 Å². The molecule has 0 aromatic heterocycles. The summed E-state index contributed by atoms with van der Waals surface area (Å²) in [6.45, 7) is 9.72. The summed E-state index contributed by atoms with van der Waals surface area (Å²) in [7, 11) is 1.31. The number of carbonyl (C=O) groups excluding carboxylic acids is 1. The standard InChI is InChI=1S/C27H53FO14/c1-30-27(29)26-42-25-24-41-23-22-40-21-20-39-19-18-38-17-16-37-15-14-36-13-12-35-11-10-34-9-8-33-7-6-32-5-4-31-3-2-28/h2-26H2,1H3. The van der Waals surface area contributed by atoms with Gasteiger partial charge in [-0.3, -0.25) is 0 Å². The number of methoxy groups -OCH3 is 1. The number of alkyl halides is 1. The van der Waals surface area contributed by atoms with Crippen LogP contribution in [0.3, 0.4) is 0 Å². The van der Waals surface area contributed by atoms with Crippen molar-refractivity contribution in [3.05, 3.63) is 0 Å². The molecule has 0 aliphatic carbocycles. The summed E-state index contributed by atoms with van der Waals surface area (Å²) in [5, 5.41) is 0.